The first-order chi connectivity index (χ1) is 10.7. The number of halogens is 3. The van der Waals surface area contributed by atoms with E-state index in [1.165, 1.54) is 41.5 Å². The number of alkyl halides is 3. The summed E-state index contributed by atoms with van der Waals surface area (Å²) in [5.74, 6) is -1.33. The molecule has 124 valence electrons. The molecule has 23 heavy (non-hydrogen) atoms. The van der Waals surface area contributed by atoms with E-state index in [0.29, 0.717) is 0 Å². The Hall–Kier alpha value is -1.93. The van der Waals surface area contributed by atoms with Crippen molar-refractivity contribution < 1.29 is 23.1 Å². The first-order valence-corrected chi connectivity index (χ1v) is 7.58. The molecule has 1 heterocycles. The van der Waals surface area contributed by atoms with Gasteiger partial charge in [0.2, 0.25) is 0 Å². The molecule has 0 aliphatic carbocycles. The van der Waals surface area contributed by atoms with Gasteiger partial charge in [-0.1, -0.05) is 18.2 Å². The molecule has 0 fully saturated rings. The van der Waals surface area contributed by atoms with Crippen LogP contribution in [0.15, 0.2) is 29.8 Å². The fourth-order valence-electron chi connectivity index (χ4n) is 2.35. The summed E-state index contributed by atoms with van der Waals surface area (Å²) in [6.45, 7) is 1.98. The van der Waals surface area contributed by atoms with Crippen LogP contribution in [0.2, 0.25) is 0 Å². The van der Waals surface area contributed by atoms with Crippen LogP contribution in [0, 0.1) is 6.92 Å². The number of hydrogen-bond donors (Lipinski definition) is 1. The monoisotopic (exact) mass is 344 g/mol. The Morgan fingerprint density at radius 3 is 2.57 bits per heavy atom. The van der Waals surface area contributed by atoms with Crippen molar-refractivity contribution in [1.29, 1.82) is 0 Å². The molecular formula is C15H15F3N2O2S. The second kappa shape index (κ2) is 6.67. The normalized spacial score (nSPS) is 13.3. The summed E-state index contributed by atoms with van der Waals surface area (Å²) in [4.78, 5) is 17.9. The van der Waals surface area contributed by atoms with Crippen molar-refractivity contribution in [3.8, 4) is 0 Å². The minimum atomic E-state index is -4.61. The van der Waals surface area contributed by atoms with Crippen LogP contribution in [0.4, 0.5) is 13.2 Å². The lowest BCUT2D eigenvalue weighted by molar-refractivity contribution is -0.145. The summed E-state index contributed by atoms with van der Waals surface area (Å²) in [6, 6.07) is 3.37. The highest BCUT2D eigenvalue weighted by Gasteiger charge is 2.38. The summed E-state index contributed by atoms with van der Waals surface area (Å²) >= 11 is 1.34. The number of benzene rings is 1. The first kappa shape index (κ1) is 17.4. The van der Waals surface area contributed by atoms with Crippen LogP contribution in [0.3, 0.4) is 0 Å². The number of hydrogen-bond acceptors (Lipinski definition) is 4. The second-order valence-electron chi connectivity index (χ2n) is 5.10. The molecular weight excluding hydrogens is 329 g/mol. The Labute approximate surface area is 135 Å². The van der Waals surface area contributed by atoms with Crippen molar-refractivity contribution in [2.24, 2.45) is 0 Å². The van der Waals surface area contributed by atoms with Crippen LogP contribution in [-0.4, -0.2) is 28.0 Å². The van der Waals surface area contributed by atoms with E-state index < -0.39 is 23.8 Å². The number of likely N-dealkylation sites (N-methyl/N-ethyl adjacent to an activating group) is 1. The number of carbonyl (C=O) groups is 1. The summed E-state index contributed by atoms with van der Waals surface area (Å²) < 4.78 is 39.5. The molecule has 0 aliphatic heterocycles. The maximum absolute atomic E-state index is 13.2. The molecule has 0 radical (unpaired) electrons. The third kappa shape index (κ3) is 3.89. The fraction of sp³-hybridized carbons (Fsp3) is 0.333. The SMILES string of the molecule is Cc1ncsc1CN(C)C(C(=O)O)c1ccccc1C(F)(F)F. The molecule has 0 amide bonds. The fourth-order valence-corrected chi connectivity index (χ4v) is 3.19. The van der Waals surface area contributed by atoms with Crippen molar-refractivity contribution >= 4 is 17.3 Å². The van der Waals surface area contributed by atoms with Gasteiger partial charge < -0.3 is 5.11 Å². The maximum Gasteiger partial charge on any atom is 0.416 e. The van der Waals surface area contributed by atoms with Gasteiger partial charge in [-0.25, -0.2) is 4.98 Å². The molecule has 1 unspecified atom stereocenters. The standard InChI is InChI=1S/C15H15F3N2O2S/c1-9-12(23-8-19-9)7-20(2)13(14(21)22)10-5-3-4-6-11(10)15(16,17)18/h3-6,8,13H,7H2,1-2H3,(H,21,22). The zero-order valence-electron chi connectivity index (χ0n) is 12.5. The summed E-state index contributed by atoms with van der Waals surface area (Å²) in [7, 11) is 1.49. The van der Waals surface area contributed by atoms with Gasteiger partial charge in [-0.15, -0.1) is 11.3 Å². The van der Waals surface area contributed by atoms with Gasteiger partial charge in [0.25, 0.3) is 0 Å². The number of carboxylic acid groups (broad SMARTS) is 1. The van der Waals surface area contributed by atoms with E-state index in [4.69, 9.17) is 0 Å². The average molecular weight is 344 g/mol. The molecule has 0 spiro atoms. The molecule has 2 rings (SSSR count). The molecule has 0 saturated heterocycles. The lowest BCUT2D eigenvalue weighted by atomic mass is 9.98. The molecule has 1 atom stereocenters. The number of thiazole rings is 1. The molecule has 4 nitrogen and oxygen atoms in total. The van der Waals surface area contributed by atoms with Crippen molar-refractivity contribution in [3.05, 3.63) is 51.5 Å². The number of rotatable bonds is 5. The highest BCUT2D eigenvalue weighted by atomic mass is 32.1. The Morgan fingerprint density at radius 2 is 2.04 bits per heavy atom. The molecule has 1 aromatic heterocycles. The number of nitrogens with zero attached hydrogens (tertiary/aromatic N) is 2. The largest absolute Gasteiger partial charge is 0.480 e. The lowest BCUT2D eigenvalue weighted by Gasteiger charge is -2.27. The molecule has 8 heteroatoms. The smallest absolute Gasteiger partial charge is 0.416 e. The highest BCUT2D eigenvalue weighted by molar-refractivity contribution is 7.09. The first-order valence-electron chi connectivity index (χ1n) is 6.70. The Morgan fingerprint density at radius 1 is 1.39 bits per heavy atom. The molecule has 2 aromatic rings. The van der Waals surface area contributed by atoms with E-state index in [0.717, 1.165) is 16.6 Å². The maximum atomic E-state index is 13.2. The minimum Gasteiger partial charge on any atom is -0.480 e. The average Bonchev–Trinajstić information content (AvgIpc) is 2.83. The number of carboxylic acids is 1. The summed E-state index contributed by atoms with van der Waals surface area (Å²) in [6.07, 6.45) is -4.61. The predicted octanol–water partition coefficient (Wildman–Crippen LogP) is 3.73. The van der Waals surface area contributed by atoms with Crippen LogP contribution < -0.4 is 0 Å². The quantitative estimate of drug-likeness (QED) is 0.898. The van der Waals surface area contributed by atoms with Crippen molar-refractivity contribution in [1.82, 2.24) is 9.88 Å². The van der Waals surface area contributed by atoms with Crippen LogP contribution >= 0.6 is 11.3 Å². The van der Waals surface area contributed by atoms with E-state index in [1.807, 2.05) is 0 Å². The third-order valence-electron chi connectivity index (χ3n) is 3.47. The Bertz CT molecular complexity index is 700. The topological polar surface area (TPSA) is 53.4 Å². The zero-order chi connectivity index (χ0) is 17.2. The molecule has 0 saturated carbocycles. The summed E-state index contributed by atoms with van der Waals surface area (Å²) in [5, 5.41) is 9.46. The van der Waals surface area contributed by atoms with E-state index in [1.54, 1.807) is 12.4 Å². The Balaban J connectivity index is 2.40. The van der Waals surface area contributed by atoms with Crippen LogP contribution in [0.25, 0.3) is 0 Å². The van der Waals surface area contributed by atoms with Gasteiger partial charge in [0, 0.05) is 11.4 Å². The number of aliphatic carboxylic acids is 1. The lowest BCUT2D eigenvalue weighted by Crippen LogP contribution is -2.32. The van der Waals surface area contributed by atoms with E-state index >= 15 is 0 Å². The van der Waals surface area contributed by atoms with Gasteiger partial charge in [-0.05, 0) is 25.6 Å². The van der Waals surface area contributed by atoms with Crippen LogP contribution in [0.5, 0.6) is 0 Å². The van der Waals surface area contributed by atoms with Crippen LogP contribution in [0.1, 0.15) is 27.7 Å². The number of aryl methyl sites for hydroxylation is 1. The van der Waals surface area contributed by atoms with Gasteiger partial charge in [-0.3, -0.25) is 9.69 Å². The van der Waals surface area contributed by atoms with E-state index in [9.17, 15) is 23.1 Å². The van der Waals surface area contributed by atoms with Gasteiger partial charge in [-0.2, -0.15) is 13.2 Å². The third-order valence-corrected chi connectivity index (χ3v) is 4.39. The molecule has 0 aliphatic rings. The predicted molar refractivity (Wildman–Crippen MR) is 80.1 cm³/mol. The zero-order valence-corrected chi connectivity index (χ0v) is 13.3. The number of aromatic nitrogens is 1. The molecule has 1 N–H and O–H groups in total. The van der Waals surface area contributed by atoms with Gasteiger partial charge in [0.1, 0.15) is 6.04 Å². The Kier molecular flexibility index (Phi) is 5.06. The van der Waals surface area contributed by atoms with Gasteiger partial charge in [0.15, 0.2) is 0 Å². The van der Waals surface area contributed by atoms with Gasteiger partial charge >= 0.3 is 12.1 Å². The minimum absolute atomic E-state index is 0.208. The van der Waals surface area contributed by atoms with Crippen molar-refractivity contribution in [2.75, 3.05) is 7.05 Å². The molecule has 1 aromatic carbocycles. The second-order valence-corrected chi connectivity index (χ2v) is 6.04. The van der Waals surface area contributed by atoms with Gasteiger partial charge in [0.05, 0.1) is 16.8 Å². The summed E-state index contributed by atoms with van der Waals surface area (Å²) in [5.41, 5.74) is 1.17. The van der Waals surface area contributed by atoms with E-state index in [-0.39, 0.29) is 12.1 Å². The van der Waals surface area contributed by atoms with Crippen molar-refractivity contribution in [2.45, 2.75) is 25.7 Å². The van der Waals surface area contributed by atoms with Crippen LogP contribution in [-0.2, 0) is 17.5 Å². The van der Waals surface area contributed by atoms with Crippen molar-refractivity contribution in [3.63, 3.8) is 0 Å². The molecule has 0 bridgehead atoms. The van der Waals surface area contributed by atoms with E-state index in [2.05, 4.69) is 4.98 Å². The highest BCUT2D eigenvalue weighted by Crippen LogP contribution is 2.36.